The van der Waals surface area contributed by atoms with Gasteiger partial charge in [-0.15, -0.1) is 0 Å². The summed E-state index contributed by atoms with van der Waals surface area (Å²) in [6, 6.07) is 84.1. The molecule has 0 atom stereocenters. The van der Waals surface area contributed by atoms with Crippen LogP contribution in [0.15, 0.2) is 231 Å². The maximum atomic E-state index is 2.46. The summed E-state index contributed by atoms with van der Waals surface area (Å²) < 4.78 is 2.46. The highest BCUT2D eigenvalue weighted by molar-refractivity contribution is 6.10. The number of hydrogen-bond donors (Lipinski definition) is 0. The van der Waals surface area contributed by atoms with Crippen LogP contribution in [0, 0.1) is 0 Å². The van der Waals surface area contributed by atoms with Gasteiger partial charge in [-0.3, -0.25) is 0 Å². The lowest BCUT2D eigenvalue weighted by atomic mass is 9.67. The van der Waals surface area contributed by atoms with Gasteiger partial charge in [0, 0.05) is 33.5 Å². The molecule has 0 aliphatic heterocycles. The first-order valence-electron chi connectivity index (χ1n) is 19.7. The van der Waals surface area contributed by atoms with Gasteiger partial charge < -0.3 is 9.47 Å². The van der Waals surface area contributed by atoms with E-state index in [1.54, 1.807) is 0 Å². The molecule has 1 aliphatic carbocycles. The van der Waals surface area contributed by atoms with Crippen molar-refractivity contribution in [1.82, 2.24) is 4.57 Å². The Kier molecular flexibility index (Phi) is 7.75. The van der Waals surface area contributed by atoms with Gasteiger partial charge in [0.1, 0.15) is 0 Å². The Morgan fingerprint density at radius 2 is 0.842 bits per heavy atom. The first-order chi connectivity index (χ1) is 28.3. The van der Waals surface area contributed by atoms with Gasteiger partial charge in [0.2, 0.25) is 0 Å². The molecule has 0 bridgehead atoms. The lowest BCUT2D eigenvalue weighted by Crippen LogP contribution is -2.28. The normalized spacial score (nSPS) is 12.7. The molecular formula is C55H38N2. The van der Waals surface area contributed by atoms with Crippen molar-refractivity contribution in [3.8, 4) is 27.9 Å². The molecule has 0 spiro atoms. The fraction of sp³-hybridized carbons (Fsp3) is 0.0182. The zero-order valence-electron chi connectivity index (χ0n) is 31.3. The van der Waals surface area contributed by atoms with Crippen LogP contribution >= 0.6 is 0 Å². The zero-order chi connectivity index (χ0) is 37.8. The number of anilines is 3. The van der Waals surface area contributed by atoms with Crippen molar-refractivity contribution in [3.05, 3.63) is 253 Å². The van der Waals surface area contributed by atoms with Gasteiger partial charge in [-0.25, -0.2) is 0 Å². The van der Waals surface area contributed by atoms with Gasteiger partial charge in [-0.2, -0.15) is 0 Å². The van der Waals surface area contributed by atoms with E-state index >= 15 is 0 Å². The molecule has 11 rings (SSSR count). The predicted octanol–water partition coefficient (Wildman–Crippen LogP) is 14.3. The monoisotopic (exact) mass is 726 g/mol. The second-order valence-electron chi connectivity index (χ2n) is 14.9. The molecule has 1 heterocycles. The van der Waals surface area contributed by atoms with Crippen LogP contribution in [0.1, 0.15) is 22.3 Å². The number of hydrogen-bond acceptors (Lipinski definition) is 1. The van der Waals surface area contributed by atoms with E-state index in [1.807, 2.05) is 0 Å². The lowest BCUT2D eigenvalue weighted by Gasteiger charge is -2.34. The minimum atomic E-state index is -0.459. The van der Waals surface area contributed by atoms with E-state index in [-0.39, 0.29) is 0 Å². The summed E-state index contributed by atoms with van der Waals surface area (Å²) in [6.07, 6.45) is 0. The number of para-hydroxylation sites is 3. The van der Waals surface area contributed by atoms with Crippen LogP contribution in [0.25, 0.3) is 49.7 Å². The van der Waals surface area contributed by atoms with Crippen LogP contribution in [0.3, 0.4) is 0 Å². The van der Waals surface area contributed by atoms with E-state index in [0.29, 0.717) is 0 Å². The zero-order valence-corrected chi connectivity index (χ0v) is 31.3. The molecule has 0 saturated carbocycles. The van der Waals surface area contributed by atoms with Crippen LogP contribution < -0.4 is 4.90 Å². The molecule has 10 aromatic rings. The molecule has 2 nitrogen and oxygen atoms in total. The molecular weight excluding hydrogens is 689 g/mol. The number of nitrogens with zero attached hydrogens (tertiary/aromatic N) is 2. The molecule has 0 amide bonds. The van der Waals surface area contributed by atoms with Crippen molar-refractivity contribution < 1.29 is 0 Å². The van der Waals surface area contributed by atoms with Crippen LogP contribution in [0.4, 0.5) is 17.1 Å². The molecule has 0 saturated heterocycles. The smallest absolute Gasteiger partial charge is 0.0714 e. The third-order valence-electron chi connectivity index (χ3n) is 11.9. The average molecular weight is 727 g/mol. The summed E-state index contributed by atoms with van der Waals surface area (Å²) in [4.78, 5) is 2.31. The SMILES string of the molecule is c1ccc(N(c2ccccc2)c2ccc(-c3ccc4c(c3)c3ccccc3n4-c3ccc4c(c3)C(c3ccccc3)(c3ccccc3)c3ccccc3-4)cc2)cc1. The number of rotatable bonds is 7. The molecule has 2 heteroatoms. The second-order valence-corrected chi connectivity index (χ2v) is 14.9. The third kappa shape index (κ3) is 5.18. The van der Waals surface area contributed by atoms with Gasteiger partial charge in [0.15, 0.2) is 0 Å². The Hall–Kier alpha value is -7.42. The Morgan fingerprint density at radius 3 is 1.51 bits per heavy atom. The Morgan fingerprint density at radius 1 is 0.333 bits per heavy atom. The topological polar surface area (TPSA) is 8.17 Å². The summed E-state index contributed by atoms with van der Waals surface area (Å²) >= 11 is 0. The summed E-state index contributed by atoms with van der Waals surface area (Å²) in [6.45, 7) is 0. The fourth-order valence-corrected chi connectivity index (χ4v) is 9.41. The van der Waals surface area contributed by atoms with Gasteiger partial charge in [0.25, 0.3) is 0 Å². The van der Waals surface area contributed by atoms with Crippen LogP contribution in [-0.2, 0) is 5.41 Å². The van der Waals surface area contributed by atoms with Gasteiger partial charge in [-0.05, 0) is 111 Å². The van der Waals surface area contributed by atoms with Crippen molar-refractivity contribution in [2.45, 2.75) is 5.41 Å². The largest absolute Gasteiger partial charge is 0.311 e. The molecule has 0 radical (unpaired) electrons. The maximum Gasteiger partial charge on any atom is 0.0714 e. The quantitative estimate of drug-likeness (QED) is 0.159. The fourth-order valence-electron chi connectivity index (χ4n) is 9.41. The molecule has 57 heavy (non-hydrogen) atoms. The molecule has 1 aromatic heterocycles. The van der Waals surface area contributed by atoms with E-state index in [4.69, 9.17) is 0 Å². The van der Waals surface area contributed by atoms with Crippen molar-refractivity contribution in [3.63, 3.8) is 0 Å². The average Bonchev–Trinajstić information content (AvgIpc) is 3.78. The predicted molar refractivity (Wildman–Crippen MR) is 238 cm³/mol. The van der Waals surface area contributed by atoms with Gasteiger partial charge >= 0.3 is 0 Å². The summed E-state index contributed by atoms with van der Waals surface area (Å²) in [7, 11) is 0. The van der Waals surface area contributed by atoms with E-state index in [2.05, 4.69) is 240 Å². The summed E-state index contributed by atoms with van der Waals surface area (Å²) in [5, 5.41) is 2.48. The summed E-state index contributed by atoms with van der Waals surface area (Å²) in [5.41, 5.74) is 16.6. The number of benzene rings is 9. The van der Waals surface area contributed by atoms with E-state index < -0.39 is 5.41 Å². The first kappa shape index (κ1) is 33.0. The highest BCUT2D eigenvalue weighted by Gasteiger charge is 2.46. The third-order valence-corrected chi connectivity index (χ3v) is 11.9. The molecule has 0 N–H and O–H groups in total. The van der Waals surface area contributed by atoms with Crippen molar-refractivity contribution in [1.29, 1.82) is 0 Å². The maximum absolute atomic E-state index is 2.46. The molecule has 0 unspecified atom stereocenters. The molecule has 268 valence electrons. The Balaban J connectivity index is 1.06. The number of fused-ring (bicyclic) bond motifs is 6. The minimum absolute atomic E-state index is 0.459. The molecule has 1 aliphatic rings. The summed E-state index contributed by atoms with van der Waals surface area (Å²) in [5.74, 6) is 0. The first-order valence-corrected chi connectivity index (χ1v) is 19.7. The minimum Gasteiger partial charge on any atom is -0.311 e. The van der Waals surface area contributed by atoms with Crippen molar-refractivity contribution in [2.75, 3.05) is 4.90 Å². The lowest BCUT2D eigenvalue weighted by molar-refractivity contribution is 0.767. The van der Waals surface area contributed by atoms with Crippen LogP contribution in [0.2, 0.25) is 0 Å². The van der Waals surface area contributed by atoms with Gasteiger partial charge in [0.05, 0.1) is 16.4 Å². The molecule has 0 fully saturated rings. The van der Waals surface area contributed by atoms with Crippen molar-refractivity contribution >= 4 is 38.9 Å². The van der Waals surface area contributed by atoms with Gasteiger partial charge in [-0.1, -0.05) is 164 Å². The highest BCUT2D eigenvalue weighted by atomic mass is 15.1. The Bertz CT molecular complexity index is 2960. The van der Waals surface area contributed by atoms with Crippen LogP contribution in [0.5, 0.6) is 0 Å². The second kappa shape index (κ2) is 13.4. The van der Waals surface area contributed by atoms with E-state index in [1.165, 1.54) is 66.3 Å². The Labute approximate surface area is 333 Å². The van der Waals surface area contributed by atoms with E-state index in [0.717, 1.165) is 22.7 Å². The highest BCUT2D eigenvalue weighted by Crippen LogP contribution is 2.56. The molecule has 9 aromatic carbocycles. The van der Waals surface area contributed by atoms with Crippen molar-refractivity contribution in [2.24, 2.45) is 0 Å². The number of aromatic nitrogens is 1. The standard InChI is InChI=1S/C55H38N2/c1-5-17-41(18-6-1)55(42-19-7-2-8-20-42)51-27-15-13-25-47(51)48-35-34-46(38-52(48)55)57-53-28-16-14-26-49(53)50-37-40(31-36-54(50)57)39-29-32-45(33-30-39)56(43-21-9-3-10-22-43)44-23-11-4-12-24-44/h1-38H. The van der Waals surface area contributed by atoms with Crippen LogP contribution in [-0.4, -0.2) is 4.57 Å². The van der Waals surface area contributed by atoms with E-state index in [9.17, 15) is 0 Å².